The highest BCUT2D eigenvalue weighted by atomic mass is 16.5. The van der Waals surface area contributed by atoms with Crippen molar-refractivity contribution < 1.29 is 19.1 Å². The maximum atomic E-state index is 12.8. The first-order chi connectivity index (χ1) is 15.0. The zero-order valence-electron chi connectivity index (χ0n) is 17.6. The third-order valence-corrected chi connectivity index (χ3v) is 5.65. The summed E-state index contributed by atoms with van der Waals surface area (Å²) in [6.07, 6.45) is 0.647. The molecule has 0 radical (unpaired) electrons. The Kier molecular flexibility index (Phi) is 6.38. The van der Waals surface area contributed by atoms with Crippen LogP contribution in [0.5, 0.6) is 5.75 Å². The number of ether oxygens (including phenoxy) is 2. The average Bonchev–Trinajstić information content (AvgIpc) is 3.19. The van der Waals surface area contributed by atoms with Gasteiger partial charge in [-0.05, 0) is 12.1 Å². The number of aromatic amines is 1. The van der Waals surface area contributed by atoms with Crippen LogP contribution >= 0.6 is 0 Å². The molecule has 2 amide bonds. The third kappa shape index (κ3) is 4.97. The first-order valence-corrected chi connectivity index (χ1v) is 10.5. The van der Waals surface area contributed by atoms with Gasteiger partial charge >= 0.3 is 0 Å². The normalized spacial score (nSPS) is 16.6. The number of carbonyl (C=O) groups excluding carboxylic acids is 2. The fraction of sp³-hybridized carbons (Fsp3) is 0.476. The molecule has 0 bridgehead atoms. The number of aromatic nitrogens is 2. The van der Waals surface area contributed by atoms with Crippen LogP contribution in [-0.4, -0.2) is 77.8 Å². The monoisotopic (exact) mass is 428 g/mol. The number of amides is 2. The molecule has 2 aliphatic rings. The zero-order chi connectivity index (χ0) is 21.8. The van der Waals surface area contributed by atoms with Crippen LogP contribution < -0.4 is 15.8 Å². The molecular formula is C21H28N6O4. The van der Waals surface area contributed by atoms with Crippen LogP contribution in [-0.2, 0) is 22.5 Å². The average molecular weight is 428 g/mol. The van der Waals surface area contributed by atoms with Crippen LogP contribution in [0.2, 0.25) is 0 Å². The van der Waals surface area contributed by atoms with E-state index in [0.717, 1.165) is 44.1 Å². The summed E-state index contributed by atoms with van der Waals surface area (Å²) in [6, 6.07) is 5.20. The molecule has 10 nitrogen and oxygen atoms in total. The Morgan fingerprint density at radius 3 is 2.84 bits per heavy atom. The van der Waals surface area contributed by atoms with Gasteiger partial charge in [-0.3, -0.25) is 19.6 Å². The molecule has 3 heterocycles. The van der Waals surface area contributed by atoms with E-state index < -0.39 is 0 Å². The van der Waals surface area contributed by atoms with E-state index in [0.29, 0.717) is 43.2 Å². The van der Waals surface area contributed by atoms with Crippen molar-refractivity contribution in [3.63, 3.8) is 0 Å². The van der Waals surface area contributed by atoms with Crippen molar-refractivity contribution in [2.24, 2.45) is 0 Å². The summed E-state index contributed by atoms with van der Waals surface area (Å²) in [5.41, 5.74) is 8.95. The van der Waals surface area contributed by atoms with Crippen LogP contribution in [0.3, 0.4) is 0 Å². The molecule has 0 saturated carbocycles. The maximum Gasteiger partial charge on any atom is 0.276 e. The molecule has 1 saturated heterocycles. The predicted molar refractivity (Wildman–Crippen MR) is 115 cm³/mol. The predicted octanol–water partition coefficient (Wildman–Crippen LogP) is 0.860. The molecule has 0 unspecified atom stereocenters. The Bertz CT molecular complexity index is 953. The van der Waals surface area contributed by atoms with Gasteiger partial charge in [0, 0.05) is 63.4 Å². The molecule has 2 aromatic rings. The Hall–Kier alpha value is -3.11. The van der Waals surface area contributed by atoms with Crippen molar-refractivity contribution in [3.05, 3.63) is 35.2 Å². The first kappa shape index (κ1) is 21.1. The first-order valence-electron chi connectivity index (χ1n) is 10.5. The lowest BCUT2D eigenvalue weighted by molar-refractivity contribution is -0.129. The van der Waals surface area contributed by atoms with Crippen LogP contribution in [0.25, 0.3) is 0 Å². The number of hydrogen-bond acceptors (Lipinski definition) is 7. The zero-order valence-corrected chi connectivity index (χ0v) is 17.6. The molecule has 166 valence electrons. The molecule has 0 spiro atoms. The van der Waals surface area contributed by atoms with Crippen LogP contribution in [0.1, 0.15) is 28.7 Å². The lowest BCUT2D eigenvalue weighted by atomic mass is 10.0. The van der Waals surface area contributed by atoms with E-state index >= 15 is 0 Å². The molecule has 1 aromatic carbocycles. The van der Waals surface area contributed by atoms with Crippen molar-refractivity contribution in [2.45, 2.75) is 19.9 Å². The lowest BCUT2D eigenvalue weighted by Gasteiger charge is -2.26. The lowest BCUT2D eigenvalue weighted by Crippen LogP contribution is -2.38. The number of hydrogen-bond donors (Lipinski definition) is 3. The Labute approximate surface area is 180 Å². The summed E-state index contributed by atoms with van der Waals surface area (Å²) < 4.78 is 11.1. The number of morpholine rings is 1. The molecule has 0 aliphatic carbocycles. The van der Waals surface area contributed by atoms with Gasteiger partial charge in [0.05, 0.1) is 24.6 Å². The van der Waals surface area contributed by atoms with Gasteiger partial charge in [0.25, 0.3) is 5.91 Å². The minimum atomic E-state index is -0.365. The van der Waals surface area contributed by atoms with Crippen molar-refractivity contribution in [1.29, 1.82) is 0 Å². The molecule has 1 fully saturated rings. The topological polar surface area (TPSA) is 126 Å². The number of fused-ring (bicyclic) bond motifs is 1. The molecule has 0 atom stereocenters. The number of rotatable bonds is 6. The van der Waals surface area contributed by atoms with Gasteiger partial charge in [-0.2, -0.15) is 5.10 Å². The molecular weight excluding hydrogens is 400 g/mol. The van der Waals surface area contributed by atoms with Crippen molar-refractivity contribution in [3.8, 4) is 5.75 Å². The summed E-state index contributed by atoms with van der Waals surface area (Å²) in [5, 5.41) is 9.89. The Balaban J connectivity index is 1.36. The molecule has 1 aromatic heterocycles. The number of benzene rings is 1. The second-order valence-electron chi connectivity index (χ2n) is 7.73. The van der Waals surface area contributed by atoms with Crippen molar-refractivity contribution in [1.82, 2.24) is 20.0 Å². The summed E-state index contributed by atoms with van der Waals surface area (Å²) in [7, 11) is 0. The molecule has 4 rings (SSSR count). The van der Waals surface area contributed by atoms with E-state index in [1.165, 1.54) is 6.92 Å². The number of nitrogens with one attached hydrogen (secondary N) is 2. The van der Waals surface area contributed by atoms with Gasteiger partial charge < -0.3 is 25.4 Å². The second-order valence-corrected chi connectivity index (χ2v) is 7.73. The molecule has 10 heteroatoms. The van der Waals surface area contributed by atoms with E-state index in [1.54, 1.807) is 23.1 Å². The summed E-state index contributed by atoms with van der Waals surface area (Å²) in [4.78, 5) is 28.5. The number of nitrogens with zero attached hydrogens (tertiary/aromatic N) is 3. The minimum absolute atomic E-state index is 0.0216. The quantitative estimate of drug-likeness (QED) is 0.583. The maximum absolute atomic E-state index is 12.8. The smallest absolute Gasteiger partial charge is 0.276 e. The van der Waals surface area contributed by atoms with Gasteiger partial charge in [0.15, 0.2) is 5.69 Å². The SMILES string of the molecule is CC(=O)N1CCc2[nH]nc(C(=O)Nc3ccc(OCCN4CCOCC4)cc3N)c2C1. The van der Waals surface area contributed by atoms with Crippen LogP contribution in [0.4, 0.5) is 11.4 Å². The van der Waals surface area contributed by atoms with Crippen molar-refractivity contribution >= 4 is 23.2 Å². The summed E-state index contributed by atoms with van der Waals surface area (Å²) >= 11 is 0. The Morgan fingerprint density at radius 1 is 1.29 bits per heavy atom. The number of nitrogen functional groups attached to an aromatic ring is 1. The molecule has 2 aliphatic heterocycles. The largest absolute Gasteiger partial charge is 0.492 e. The highest BCUT2D eigenvalue weighted by molar-refractivity contribution is 6.05. The highest BCUT2D eigenvalue weighted by Gasteiger charge is 2.26. The van der Waals surface area contributed by atoms with Gasteiger partial charge in [0.1, 0.15) is 12.4 Å². The molecule has 31 heavy (non-hydrogen) atoms. The number of carbonyl (C=O) groups is 2. The van der Waals surface area contributed by atoms with E-state index in [9.17, 15) is 9.59 Å². The Morgan fingerprint density at radius 2 is 2.10 bits per heavy atom. The van der Waals surface area contributed by atoms with Crippen LogP contribution in [0.15, 0.2) is 18.2 Å². The fourth-order valence-corrected chi connectivity index (χ4v) is 3.79. The van der Waals surface area contributed by atoms with E-state index in [2.05, 4.69) is 20.4 Å². The van der Waals surface area contributed by atoms with E-state index in [4.69, 9.17) is 15.2 Å². The number of nitrogens with two attached hydrogens (primary N) is 1. The third-order valence-electron chi connectivity index (χ3n) is 5.65. The second kappa shape index (κ2) is 9.36. The standard InChI is InChI=1S/C21H28N6O4/c1-14(28)27-5-4-18-16(13-27)20(25-24-18)21(29)23-19-3-2-15(12-17(19)22)31-11-8-26-6-9-30-10-7-26/h2-3,12H,4-11,13,22H2,1H3,(H,23,29)(H,24,25). The van der Waals surface area contributed by atoms with Crippen molar-refractivity contribution in [2.75, 3.05) is 57.1 Å². The van der Waals surface area contributed by atoms with Gasteiger partial charge in [-0.1, -0.05) is 0 Å². The van der Waals surface area contributed by atoms with E-state index in [1.807, 2.05) is 0 Å². The molecule has 4 N–H and O–H groups in total. The number of anilines is 2. The van der Waals surface area contributed by atoms with E-state index in [-0.39, 0.29) is 17.5 Å². The summed E-state index contributed by atoms with van der Waals surface area (Å²) in [5.74, 6) is 0.264. The number of H-pyrrole nitrogens is 1. The van der Waals surface area contributed by atoms with Gasteiger partial charge in [-0.15, -0.1) is 0 Å². The van der Waals surface area contributed by atoms with Gasteiger partial charge in [0.2, 0.25) is 5.91 Å². The fourth-order valence-electron chi connectivity index (χ4n) is 3.79. The van der Waals surface area contributed by atoms with Gasteiger partial charge in [-0.25, -0.2) is 0 Å². The minimum Gasteiger partial charge on any atom is -0.492 e. The summed E-state index contributed by atoms with van der Waals surface area (Å²) in [6.45, 7) is 7.23. The van der Waals surface area contributed by atoms with Crippen LogP contribution in [0, 0.1) is 0 Å². The highest BCUT2D eigenvalue weighted by Crippen LogP contribution is 2.26.